The fourth-order valence-electron chi connectivity index (χ4n) is 4.67. The maximum absolute atomic E-state index is 10.6. The summed E-state index contributed by atoms with van der Waals surface area (Å²) in [6, 6.07) is 18.1. The molecule has 4 aromatic rings. The number of carbonyl (C=O) groups is 1. The molecule has 0 saturated heterocycles. The van der Waals surface area contributed by atoms with Gasteiger partial charge in [-0.05, 0) is 92.1 Å². The van der Waals surface area contributed by atoms with Gasteiger partial charge in [-0.2, -0.15) is 0 Å². The van der Waals surface area contributed by atoms with E-state index >= 15 is 0 Å². The lowest BCUT2D eigenvalue weighted by Gasteiger charge is -2.22. The van der Waals surface area contributed by atoms with Gasteiger partial charge in [0, 0.05) is 18.1 Å². The largest absolute Gasteiger partial charge is 0.494 e. The third kappa shape index (κ3) is 5.94. The number of ether oxygens (including phenoxy) is 2. The van der Waals surface area contributed by atoms with Crippen molar-refractivity contribution in [2.24, 2.45) is 0 Å². The van der Waals surface area contributed by atoms with Crippen molar-refractivity contribution in [1.82, 2.24) is 4.98 Å². The molecule has 182 valence electrons. The summed E-state index contributed by atoms with van der Waals surface area (Å²) in [5.41, 5.74) is 2.49. The second-order valence-corrected chi connectivity index (χ2v) is 9.30. The highest BCUT2D eigenvalue weighted by Crippen LogP contribution is 2.31. The zero-order valence-electron chi connectivity index (χ0n) is 19.9. The number of carboxylic acids is 1. The Labute approximate surface area is 204 Å². The first-order valence-corrected chi connectivity index (χ1v) is 12.6. The number of unbranched alkanes of at least 4 members (excludes halogenated alkanes) is 2. The van der Waals surface area contributed by atoms with Crippen LogP contribution in [0.1, 0.15) is 57.8 Å². The van der Waals surface area contributed by atoms with E-state index in [1.807, 2.05) is 42.5 Å². The lowest BCUT2D eigenvalue weighted by molar-refractivity contribution is -0.137. The first-order valence-electron chi connectivity index (χ1n) is 12.6. The average molecular weight is 474 g/mol. The van der Waals surface area contributed by atoms with Crippen molar-refractivity contribution >= 4 is 27.8 Å². The van der Waals surface area contributed by atoms with E-state index in [2.05, 4.69) is 17.1 Å². The van der Waals surface area contributed by atoms with Gasteiger partial charge in [-0.15, -0.1) is 0 Å². The van der Waals surface area contributed by atoms with E-state index in [0.717, 1.165) is 64.6 Å². The van der Waals surface area contributed by atoms with Gasteiger partial charge in [0.25, 0.3) is 0 Å². The van der Waals surface area contributed by atoms with Crippen LogP contribution in [0, 0.1) is 0 Å². The lowest BCUT2D eigenvalue weighted by Crippen LogP contribution is -2.19. The molecule has 0 atom stereocenters. The van der Waals surface area contributed by atoms with Gasteiger partial charge in [-0.1, -0.05) is 18.6 Å². The van der Waals surface area contributed by atoms with Crippen LogP contribution in [-0.2, 0) is 4.79 Å². The molecule has 0 spiro atoms. The number of nitrogens with zero attached hydrogens (tertiary/aromatic N) is 1. The predicted molar refractivity (Wildman–Crippen MR) is 136 cm³/mol. The van der Waals surface area contributed by atoms with Gasteiger partial charge in [0.15, 0.2) is 5.58 Å². The molecule has 5 rings (SSSR count). The molecular formula is C29H31NO5. The quantitative estimate of drug-likeness (QED) is 0.242. The van der Waals surface area contributed by atoms with Crippen molar-refractivity contribution < 1.29 is 23.8 Å². The van der Waals surface area contributed by atoms with Crippen molar-refractivity contribution in [2.75, 3.05) is 6.61 Å². The first-order chi connectivity index (χ1) is 17.1. The molecule has 1 heterocycles. The van der Waals surface area contributed by atoms with Crippen LogP contribution in [0.5, 0.6) is 11.5 Å². The topological polar surface area (TPSA) is 81.8 Å². The number of aromatic nitrogens is 1. The van der Waals surface area contributed by atoms with Crippen molar-refractivity contribution in [2.45, 2.75) is 63.9 Å². The van der Waals surface area contributed by atoms with E-state index in [9.17, 15) is 4.79 Å². The molecule has 6 nitrogen and oxygen atoms in total. The van der Waals surface area contributed by atoms with E-state index in [4.69, 9.17) is 19.0 Å². The van der Waals surface area contributed by atoms with E-state index in [1.165, 1.54) is 19.3 Å². The van der Waals surface area contributed by atoms with Crippen molar-refractivity contribution in [3.63, 3.8) is 0 Å². The van der Waals surface area contributed by atoms with Crippen molar-refractivity contribution in [3.05, 3.63) is 54.6 Å². The molecule has 0 aliphatic heterocycles. The highest BCUT2D eigenvalue weighted by Gasteiger charge is 2.16. The molecule has 35 heavy (non-hydrogen) atoms. The molecule has 1 fully saturated rings. The molecule has 6 heteroatoms. The second kappa shape index (κ2) is 10.8. The molecule has 0 unspecified atom stereocenters. The summed E-state index contributed by atoms with van der Waals surface area (Å²) in [4.78, 5) is 15.3. The van der Waals surface area contributed by atoms with Crippen LogP contribution >= 0.6 is 0 Å². The SMILES string of the molecule is O=C(O)CCCCCOc1ccc2cc(-c3nc4ccc(OC5CCCCC5)cc4o3)ccc2c1. The Morgan fingerprint density at radius 2 is 1.71 bits per heavy atom. The Morgan fingerprint density at radius 3 is 2.57 bits per heavy atom. The molecule has 1 saturated carbocycles. The molecule has 1 aliphatic carbocycles. The van der Waals surface area contributed by atoms with Gasteiger partial charge in [-0.3, -0.25) is 4.79 Å². The van der Waals surface area contributed by atoms with Gasteiger partial charge in [0.05, 0.1) is 12.7 Å². The Hall–Kier alpha value is -3.54. The van der Waals surface area contributed by atoms with Crippen LogP contribution in [0.3, 0.4) is 0 Å². The van der Waals surface area contributed by atoms with Crippen LogP contribution in [-0.4, -0.2) is 28.8 Å². The van der Waals surface area contributed by atoms with E-state index < -0.39 is 5.97 Å². The minimum Gasteiger partial charge on any atom is -0.494 e. The molecular weight excluding hydrogens is 442 g/mol. The van der Waals surface area contributed by atoms with Crippen LogP contribution < -0.4 is 9.47 Å². The Bertz CT molecular complexity index is 1310. The highest BCUT2D eigenvalue weighted by molar-refractivity contribution is 5.88. The third-order valence-corrected chi connectivity index (χ3v) is 6.58. The number of rotatable bonds is 10. The molecule has 1 N–H and O–H groups in total. The Balaban J connectivity index is 1.24. The summed E-state index contributed by atoms with van der Waals surface area (Å²) in [6.07, 6.45) is 8.92. The summed E-state index contributed by atoms with van der Waals surface area (Å²) >= 11 is 0. The van der Waals surface area contributed by atoms with Crippen molar-refractivity contribution in [3.8, 4) is 23.0 Å². The van der Waals surface area contributed by atoms with Gasteiger partial charge in [-0.25, -0.2) is 4.98 Å². The number of aliphatic carboxylic acids is 1. The number of fused-ring (bicyclic) bond motifs is 2. The molecule has 0 radical (unpaired) electrons. The smallest absolute Gasteiger partial charge is 0.303 e. The van der Waals surface area contributed by atoms with Gasteiger partial charge < -0.3 is 19.0 Å². The van der Waals surface area contributed by atoms with Gasteiger partial charge >= 0.3 is 5.97 Å². The first kappa shape index (κ1) is 23.2. The number of benzene rings is 3. The van der Waals surface area contributed by atoms with Crippen molar-refractivity contribution in [1.29, 1.82) is 0 Å². The maximum Gasteiger partial charge on any atom is 0.303 e. The number of oxazole rings is 1. The van der Waals surface area contributed by atoms with Crippen LogP contribution in [0.15, 0.2) is 59.0 Å². The minimum absolute atomic E-state index is 0.216. The second-order valence-electron chi connectivity index (χ2n) is 9.30. The van der Waals surface area contributed by atoms with E-state index in [-0.39, 0.29) is 6.42 Å². The Kier molecular flexibility index (Phi) is 7.17. The zero-order valence-corrected chi connectivity index (χ0v) is 19.9. The van der Waals surface area contributed by atoms with Gasteiger partial charge in [0.2, 0.25) is 5.89 Å². The molecule has 1 aliphatic rings. The molecule has 3 aromatic carbocycles. The van der Waals surface area contributed by atoms with Gasteiger partial charge in [0.1, 0.15) is 17.0 Å². The summed E-state index contributed by atoms with van der Waals surface area (Å²) in [5.74, 6) is 1.51. The van der Waals surface area contributed by atoms with E-state index in [0.29, 0.717) is 25.0 Å². The highest BCUT2D eigenvalue weighted by atomic mass is 16.5. The fourth-order valence-corrected chi connectivity index (χ4v) is 4.67. The summed E-state index contributed by atoms with van der Waals surface area (Å²) in [7, 11) is 0. The van der Waals surface area contributed by atoms with E-state index in [1.54, 1.807) is 0 Å². The molecule has 1 aromatic heterocycles. The fraction of sp³-hybridized carbons (Fsp3) is 0.379. The minimum atomic E-state index is -0.744. The lowest BCUT2D eigenvalue weighted by atomic mass is 9.98. The zero-order chi connectivity index (χ0) is 24.0. The average Bonchev–Trinajstić information content (AvgIpc) is 3.30. The maximum atomic E-state index is 10.6. The Morgan fingerprint density at radius 1 is 0.914 bits per heavy atom. The number of carboxylic acid groups (broad SMARTS) is 1. The standard InChI is InChI=1S/C29H31NO5/c31-28(32)9-5-2-6-16-33-24-13-12-20-17-22(11-10-21(20)18-24)29-30-26-15-14-25(19-27(26)35-29)34-23-7-3-1-4-8-23/h10-15,17-19,23H,1-9,16H2,(H,31,32). The summed E-state index contributed by atoms with van der Waals surface area (Å²) < 4.78 is 18.1. The third-order valence-electron chi connectivity index (χ3n) is 6.58. The normalized spacial score (nSPS) is 14.4. The number of hydrogen-bond donors (Lipinski definition) is 1. The van der Waals surface area contributed by atoms with Crippen LogP contribution in [0.25, 0.3) is 33.3 Å². The summed E-state index contributed by atoms with van der Waals surface area (Å²) in [5, 5.41) is 10.9. The molecule has 0 amide bonds. The monoisotopic (exact) mass is 473 g/mol. The number of hydrogen-bond acceptors (Lipinski definition) is 5. The van der Waals surface area contributed by atoms with Crippen LogP contribution in [0.4, 0.5) is 0 Å². The molecule has 0 bridgehead atoms. The summed E-state index contributed by atoms with van der Waals surface area (Å²) in [6.45, 7) is 0.582. The van der Waals surface area contributed by atoms with Crippen LogP contribution in [0.2, 0.25) is 0 Å². The predicted octanol–water partition coefficient (Wildman–Crippen LogP) is 7.38.